The van der Waals surface area contributed by atoms with E-state index in [0.717, 1.165) is 39.4 Å². The molecule has 3 rings (SSSR count). The SMILES string of the molecule is CCn1c(CN2CCOCC2)cc2cccc(CN)c21. The summed E-state index contributed by atoms with van der Waals surface area (Å²) >= 11 is 0. The first kappa shape index (κ1) is 13.6. The number of nitrogens with zero attached hydrogens (tertiary/aromatic N) is 2. The number of ether oxygens (including phenoxy) is 1. The smallest absolute Gasteiger partial charge is 0.0594 e. The van der Waals surface area contributed by atoms with Crippen molar-refractivity contribution >= 4 is 10.9 Å². The zero-order chi connectivity index (χ0) is 13.9. The molecule has 0 unspecified atom stereocenters. The molecule has 0 spiro atoms. The van der Waals surface area contributed by atoms with E-state index in [9.17, 15) is 0 Å². The lowest BCUT2D eigenvalue weighted by atomic mass is 10.1. The van der Waals surface area contributed by atoms with E-state index in [1.807, 2.05) is 0 Å². The number of benzene rings is 1. The molecule has 1 aliphatic rings. The molecule has 20 heavy (non-hydrogen) atoms. The van der Waals surface area contributed by atoms with Crippen LogP contribution in [-0.2, 0) is 24.4 Å². The van der Waals surface area contributed by atoms with Crippen molar-refractivity contribution in [3.8, 4) is 0 Å². The van der Waals surface area contributed by atoms with Crippen molar-refractivity contribution in [2.24, 2.45) is 5.73 Å². The number of aryl methyl sites for hydroxylation is 1. The first-order valence-corrected chi connectivity index (χ1v) is 7.43. The van der Waals surface area contributed by atoms with Gasteiger partial charge in [0.25, 0.3) is 0 Å². The topological polar surface area (TPSA) is 43.4 Å². The predicted octanol–water partition coefficient (Wildman–Crippen LogP) is 1.95. The molecule has 2 aromatic rings. The number of aromatic nitrogens is 1. The Kier molecular flexibility index (Phi) is 4.05. The third kappa shape index (κ3) is 2.46. The monoisotopic (exact) mass is 273 g/mol. The first-order chi connectivity index (χ1) is 9.83. The van der Waals surface area contributed by atoms with Gasteiger partial charge in [0.2, 0.25) is 0 Å². The number of morpholine rings is 1. The molecule has 0 aliphatic carbocycles. The molecule has 108 valence electrons. The second-order valence-corrected chi connectivity index (χ2v) is 5.33. The Bertz CT molecular complexity index is 585. The van der Waals surface area contributed by atoms with E-state index in [1.54, 1.807) is 0 Å². The molecular formula is C16H23N3O. The van der Waals surface area contributed by atoms with Crippen molar-refractivity contribution in [3.05, 3.63) is 35.5 Å². The highest BCUT2D eigenvalue weighted by atomic mass is 16.5. The second kappa shape index (κ2) is 5.95. The Hall–Kier alpha value is -1.36. The zero-order valence-electron chi connectivity index (χ0n) is 12.1. The molecule has 1 saturated heterocycles. The summed E-state index contributed by atoms with van der Waals surface area (Å²) in [5.74, 6) is 0. The molecule has 1 aromatic carbocycles. The number of fused-ring (bicyclic) bond motifs is 1. The summed E-state index contributed by atoms with van der Waals surface area (Å²) in [7, 11) is 0. The van der Waals surface area contributed by atoms with Crippen molar-refractivity contribution < 1.29 is 4.74 Å². The lowest BCUT2D eigenvalue weighted by molar-refractivity contribution is 0.0332. The fraction of sp³-hybridized carbons (Fsp3) is 0.500. The molecule has 0 bridgehead atoms. The molecule has 4 heteroatoms. The maximum absolute atomic E-state index is 5.89. The number of para-hydroxylation sites is 1. The maximum atomic E-state index is 5.89. The minimum atomic E-state index is 0.596. The normalized spacial score (nSPS) is 16.9. The third-order valence-corrected chi connectivity index (χ3v) is 4.11. The van der Waals surface area contributed by atoms with Gasteiger partial charge in [-0.25, -0.2) is 0 Å². The molecule has 0 atom stereocenters. The van der Waals surface area contributed by atoms with Crippen molar-refractivity contribution in [2.45, 2.75) is 26.6 Å². The van der Waals surface area contributed by atoms with Crippen LogP contribution in [0.5, 0.6) is 0 Å². The lowest BCUT2D eigenvalue weighted by Gasteiger charge is -2.27. The fourth-order valence-electron chi connectivity index (χ4n) is 3.10. The highest BCUT2D eigenvalue weighted by molar-refractivity contribution is 5.84. The molecule has 1 aromatic heterocycles. The lowest BCUT2D eigenvalue weighted by Crippen LogP contribution is -2.36. The molecule has 2 N–H and O–H groups in total. The van der Waals surface area contributed by atoms with Crippen LogP contribution in [0.2, 0.25) is 0 Å². The molecule has 0 radical (unpaired) electrons. The zero-order valence-corrected chi connectivity index (χ0v) is 12.1. The van der Waals surface area contributed by atoms with Crippen molar-refractivity contribution in [2.75, 3.05) is 26.3 Å². The number of rotatable bonds is 4. The van der Waals surface area contributed by atoms with Gasteiger partial charge in [-0.3, -0.25) is 4.90 Å². The molecule has 4 nitrogen and oxygen atoms in total. The Morgan fingerprint density at radius 3 is 2.75 bits per heavy atom. The van der Waals surface area contributed by atoms with E-state index in [-0.39, 0.29) is 0 Å². The summed E-state index contributed by atoms with van der Waals surface area (Å²) in [6.45, 7) is 8.52. The third-order valence-electron chi connectivity index (χ3n) is 4.11. The van der Waals surface area contributed by atoms with Gasteiger partial charge in [0.15, 0.2) is 0 Å². The minimum Gasteiger partial charge on any atom is -0.379 e. The standard InChI is InChI=1S/C16H23N3O/c1-2-19-15(12-18-6-8-20-9-7-18)10-13-4-3-5-14(11-17)16(13)19/h3-5,10H,2,6-9,11-12,17H2,1H3. The first-order valence-electron chi connectivity index (χ1n) is 7.43. The van der Waals surface area contributed by atoms with Crippen molar-refractivity contribution in [1.29, 1.82) is 0 Å². The van der Waals surface area contributed by atoms with Crippen LogP contribution in [0, 0.1) is 0 Å². The van der Waals surface area contributed by atoms with E-state index in [0.29, 0.717) is 6.54 Å². The van der Waals surface area contributed by atoms with Gasteiger partial charge in [-0.05, 0) is 18.6 Å². The average Bonchev–Trinajstić information content (AvgIpc) is 2.85. The summed E-state index contributed by atoms with van der Waals surface area (Å²) in [6, 6.07) is 8.73. The van der Waals surface area contributed by atoms with E-state index >= 15 is 0 Å². The summed E-state index contributed by atoms with van der Waals surface area (Å²) in [5, 5.41) is 1.30. The molecule has 1 aliphatic heterocycles. The van der Waals surface area contributed by atoms with Gasteiger partial charge in [-0.15, -0.1) is 0 Å². The summed E-state index contributed by atoms with van der Waals surface area (Å²) in [6.07, 6.45) is 0. The van der Waals surface area contributed by atoms with Gasteiger partial charge in [0, 0.05) is 43.8 Å². The van der Waals surface area contributed by atoms with Crippen LogP contribution in [-0.4, -0.2) is 35.8 Å². The Labute approximate surface area is 120 Å². The van der Waals surface area contributed by atoms with Crippen LogP contribution in [0.25, 0.3) is 10.9 Å². The van der Waals surface area contributed by atoms with Crippen molar-refractivity contribution in [3.63, 3.8) is 0 Å². The van der Waals surface area contributed by atoms with Gasteiger partial charge in [0.05, 0.1) is 18.7 Å². The molecule has 1 fully saturated rings. The van der Waals surface area contributed by atoms with Gasteiger partial charge in [0.1, 0.15) is 0 Å². The van der Waals surface area contributed by atoms with Crippen LogP contribution in [0.1, 0.15) is 18.2 Å². The minimum absolute atomic E-state index is 0.596. The van der Waals surface area contributed by atoms with Gasteiger partial charge in [-0.1, -0.05) is 18.2 Å². The Morgan fingerprint density at radius 2 is 2.05 bits per heavy atom. The highest BCUT2D eigenvalue weighted by Gasteiger charge is 2.15. The number of hydrogen-bond acceptors (Lipinski definition) is 3. The van der Waals surface area contributed by atoms with Crippen LogP contribution in [0.3, 0.4) is 0 Å². The fourth-order valence-corrected chi connectivity index (χ4v) is 3.10. The summed E-state index contributed by atoms with van der Waals surface area (Å²) < 4.78 is 7.83. The largest absolute Gasteiger partial charge is 0.379 e. The maximum Gasteiger partial charge on any atom is 0.0594 e. The van der Waals surface area contributed by atoms with Crippen LogP contribution < -0.4 is 5.73 Å². The quantitative estimate of drug-likeness (QED) is 0.926. The molecule has 0 saturated carbocycles. The number of nitrogens with two attached hydrogens (primary N) is 1. The van der Waals surface area contributed by atoms with Crippen LogP contribution in [0.4, 0.5) is 0 Å². The number of hydrogen-bond donors (Lipinski definition) is 1. The average molecular weight is 273 g/mol. The van der Waals surface area contributed by atoms with Crippen molar-refractivity contribution in [1.82, 2.24) is 9.47 Å². The van der Waals surface area contributed by atoms with E-state index in [1.165, 1.54) is 22.2 Å². The second-order valence-electron chi connectivity index (χ2n) is 5.33. The van der Waals surface area contributed by atoms with Gasteiger partial charge >= 0.3 is 0 Å². The van der Waals surface area contributed by atoms with E-state index < -0.39 is 0 Å². The summed E-state index contributed by atoms with van der Waals surface area (Å²) in [5.41, 5.74) is 9.81. The molecule has 2 heterocycles. The predicted molar refractivity (Wildman–Crippen MR) is 81.6 cm³/mol. The Morgan fingerprint density at radius 1 is 1.25 bits per heavy atom. The van der Waals surface area contributed by atoms with E-state index in [2.05, 4.69) is 40.7 Å². The van der Waals surface area contributed by atoms with E-state index in [4.69, 9.17) is 10.5 Å². The highest BCUT2D eigenvalue weighted by Crippen LogP contribution is 2.24. The Balaban J connectivity index is 1.97. The van der Waals surface area contributed by atoms with Gasteiger partial charge in [-0.2, -0.15) is 0 Å². The summed E-state index contributed by atoms with van der Waals surface area (Å²) in [4.78, 5) is 2.46. The van der Waals surface area contributed by atoms with Crippen LogP contribution >= 0.6 is 0 Å². The molecule has 0 amide bonds. The molecular weight excluding hydrogens is 250 g/mol. The van der Waals surface area contributed by atoms with Crippen LogP contribution in [0.15, 0.2) is 24.3 Å². The van der Waals surface area contributed by atoms with Gasteiger partial charge < -0.3 is 15.0 Å².